The number of hydrogen-bond donors (Lipinski definition) is 1. The van der Waals surface area contributed by atoms with Gasteiger partial charge in [0.25, 0.3) is 0 Å². The first-order chi connectivity index (χ1) is 5.81. The Balaban J connectivity index is 4.34. The Labute approximate surface area is 80.1 Å². The molecule has 0 aliphatic carbocycles. The second kappa shape index (κ2) is 4.61. The molecule has 13 heavy (non-hydrogen) atoms. The molecular formula is C10H20O3. The molecule has 1 atom stereocenters. The second-order valence-corrected chi connectivity index (χ2v) is 4.51. The maximum Gasteiger partial charge on any atom is 0.335 e. The van der Waals surface area contributed by atoms with E-state index in [-0.39, 0.29) is 0 Å². The molecule has 0 aliphatic rings. The summed E-state index contributed by atoms with van der Waals surface area (Å²) < 4.78 is 4.49. The highest BCUT2D eigenvalue weighted by molar-refractivity contribution is 5.75. The molecule has 0 saturated carbocycles. The average molecular weight is 188 g/mol. The Morgan fingerprint density at radius 2 is 1.92 bits per heavy atom. The van der Waals surface area contributed by atoms with Gasteiger partial charge in [-0.05, 0) is 12.3 Å². The lowest BCUT2D eigenvalue weighted by atomic mass is 9.79. The van der Waals surface area contributed by atoms with Gasteiger partial charge in [0, 0.05) is 5.41 Å². The highest BCUT2D eigenvalue weighted by Crippen LogP contribution is 2.29. The van der Waals surface area contributed by atoms with E-state index < -0.39 is 17.5 Å². The van der Waals surface area contributed by atoms with Gasteiger partial charge in [-0.2, -0.15) is 0 Å². The maximum atomic E-state index is 11.1. The van der Waals surface area contributed by atoms with Crippen molar-refractivity contribution in [3.05, 3.63) is 0 Å². The lowest BCUT2D eigenvalue weighted by Crippen LogP contribution is -2.38. The molecule has 0 radical (unpaired) electrons. The van der Waals surface area contributed by atoms with E-state index in [1.165, 1.54) is 7.11 Å². The minimum atomic E-state index is -1.03. The highest BCUT2D eigenvalue weighted by atomic mass is 16.5. The monoisotopic (exact) mass is 188 g/mol. The van der Waals surface area contributed by atoms with Gasteiger partial charge in [0.2, 0.25) is 0 Å². The molecule has 0 fully saturated rings. The third kappa shape index (κ3) is 3.77. The molecule has 0 saturated heterocycles. The minimum Gasteiger partial charge on any atom is -0.467 e. The van der Waals surface area contributed by atoms with Gasteiger partial charge in [0.1, 0.15) is 0 Å². The minimum absolute atomic E-state index is 0.415. The fourth-order valence-electron chi connectivity index (χ4n) is 1.59. The van der Waals surface area contributed by atoms with E-state index in [4.69, 9.17) is 0 Å². The van der Waals surface area contributed by atoms with Crippen molar-refractivity contribution in [2.24, 2.45) is 11.3 Å². The summed E-state index contributed by atoms with van der Waals surface area (Å²) >= 11 is 0. The molecule has 0 aromatic carbocycles. The Morgan fingerprint density at radius 3 is 2.23 bits per heavy atom. The van der Waals surface area contributed by atoms with Gasteiger partial charge < -0.3 is 9.84 Å². The third-order valence-corrected chi connectivity index (χ3v) is 2.10. The van der Waals surface area contributed by atoms with Gasteiger partial charge in [-0.3, -0.25) is 0 Å². The van der Waals surface area contributed by atoms with Crippen LogP contribution >= 0.6 is 0 Å². The predicted molar refractivity (Wildman–Crippen MR) is 51.3 cm³/mol. The standard InChI is InChI=1S/C10H20O3/c1-7(2)6-10(3,4)8(11)9(12)13-5/h7-8,11H,6H2,1-5H3. The summed E-state index contributed by atoms with van der Waals surface area (Å²) in [4.78, 5) is 11.1. The van der Waals surface area contributed by atoms with Crippen LogP contribution in [0.4, 0.5) is 0 Å². The number of aliphatic hydroxyl groups excluding tert-OH is 1. The van der Waals surface area contributed by atoms with Crippen LogP contribution in [0.2, 0.25) is 0 Å². The van der Waals surface area contributed by atoms with Crippen LogP contribution in [-0.4, -0.2) is 24.3 Å². The molecule has 0 spiro atoms. The molecule has 0 amide bonds. The van der Waals surface area contributed by atoms with Crippen LogP contribution in [0.15, 0.2) is 0 Å². The molecule has 78 valence electrons. The first kappa shape index (κ1) is 12.4. The average Bonchev–Trinajstić information content (AvgIpc) is 1.99. The Kier molecular flexibility index (Phi) is 4.40. The first-order valence-electron chi connectivity index (χ1n) is 4.57. The van der Waals surface area contributed by atoms with Gasteiger partial charge in [0.05, 0.1) is 7.11 Å². The van der Waals surface area contributed by atoms with E-state index in [0.717, 1.165) is 6.42 Å². The van der Waals surface area contributed by atoms with Crippen LogP contribution in [0.25, 0.3) is 0 Å². The number of methoxy groups -OCH3 is 1. The summed E-state index contributed by atoms with van der Waals surface area (Å²) in [5, 5.41) is 9.62. The molecule has 0 aliphatic heterocycles. The Hall–Kier alpha value is -0.570. The molecule has 0 rings (SSSR count). The maximum absolute atomic E-state index is 11.1. The van der Waals surface area contributed by atoms with E-state index in [1.807, 2.05) is 13.8 Å². The zero-order valence-electron chi connectivity index (χ0n) is 9.13. The van der Waals surface area contributed by atoms with Crippen molar-refractivity contribution in [3.8, 4) is 0 Å². The van der Waals surface area contributed by atoms with Crippen molar-refractivity contribution >= 4 is 5.97 Å². The smallest absolute Gasteiger partial charge is 0.335 e. The first-order valence-corrected chi connectivity index (χ1v) is 4.57. The molecule has 0 heterocycles. The molecule has 3 heteroatoms. The van der Waals surface area contributed by atoms with Gasteiger partial charge in [0.15, 0.2) is 6.10 Å². The number of carbonyl (C=O) groups excluding carboxylic acids is 1. The molecule has 0 aromatic rings. The zero-order chi connectivity index (χ0) is 10.6. The molecule has 3 nitrogen and oxygen atoms in total. The summed E-state index contributed by atoms with van der Waals surface area (Å²) in [5.41, 5.74) is -0.415. The van der Waals surface area contributed by atoms with E-state index >= 15 is 0 Å². The Morgan fingerprint density at radius 1 is 1.46 bits per heavy atom. The van der Waals surface area contributed by atoms with Crippen molar-refractivity contribution in [1.82, 2.24) is 0 Å². The van der Waals surface area contributed by atoms with E-state index in [2.05, 4.69) is 18.6 Å². The van der Waals surface area contributed by atoms with Crippen LogP contribution in [0.3, 0.4) is 0 Å². The van der Waals surface area contributed by atoms with Crippen LogP contribution in [0, 0.1) is 11.3 Å². The zero-order valence-corrected chi connectivity index (χ0v) is 9.13. The van der Waals surface area contributed by atoms with Crippen molar-refractivity contribution in [2.75, 3.05) is 7.11 Å². The normalized spacial score (nSPS) is 14.4. The van der Waals surface area contributed by atoms with E-state index in [9.17, 15) is 9.90 Å². The van der Waals surface area contributed by atoms with E-state index in [0.29, 0.717) is 5.92 Å². The van der Waals surface area contributed by atoms with Crippen molar-refractivity contribution in [1.29, 1.82) is 0 Å². The number of esters is 1. The van der Waals surface area contributed by atoms with Gasteiger partial charge in [-0.25, -0.2) is 4.79 Å². The fourth-order valence-corrected chi connectivity index (χ4v) is 1.59. The summed E-state index contributed by atoms with van der Waals surface area (Å²) in [5.74, 6) is -0.0973. The van der Waals surface area contributed by atoms with Gasteiger partial charge in [-0.15, -0.1) is 0 Å². The number of ether oxygens (including phenoxy) is 1. The van der Waals surface area contributed by atoms with Gasteiger partial charge >= 0.3 is 5.97 Å². The number of hydrogen-bond acceptors (Lipinski definition) is 3. The lowest BCUT2D eigenvalue weighted by Gasteiger charge is -2.30. The summed E-state index contributed by atoms with van der Waals surface area (Å²) in [6.45, 7) is 7.86. The third-order valence-electron chi connectivity index (χ3n) is 2.10. The summed E-state index contributed by atoms with van der Waals surface area (Å²) in [6, 6.07) is 0. The van der Waals surface area contributed by atoms with Crippen molar-refractivity contribution in [3.63, 3.8) is 0 Å². The van der Waals surface area contributed by atoms with Gasteiger partial charge in [-0.1, -0.05) is 27.7 Å². The number of rotatable bonds is 4. The fraction of sp³-hybridized carbons (Fsp3) is 0.900. The lowest BCUT2D eigenvalue weighted by molar-refractivity contribution is -0.157. The van der Waals surface area contributed by atoms with Crippen LogP contribution in [0.1, 0.15) is 34.1 Å². The topological polar surface area (TPSA) is 46.5 Å². The number of carbonyl (C=O) groups is 1. The summed E-state index contributed by atoms with van der Waals surface area (Å²) in [6.07, 6.45) is -0.233. The SMILES string of the molecule is COC(=O)C(O)C(C)(C)CC(C)C. The molecular weight excluding hydrogens is 168 g/mol. The molecule has 0 aromatic heterocycles. The Bertz CT molecular complexity index is 173. The van der Waals surface area contributed by atoms with Crippen LogP contribution < -0.4 is 0 Å². The predicted octanol–water partition coefficient (Wildman–Crippen LogP) is 1.59. The molecule has 1 N–H and O–H groups in total. The molecule has 0 bridgehead atoms. The van der Waals surface area contributed by atoms with E-state index in [1.54, 1.807) is 0 Å². The largest absolute Gasteiger partial charge is 0.467 e. The highest BCUT2D eigenvalue weighted by Gasteiger charge is 2.34. The van der Waals surface area contributed by atoms with Crippen molar-refractivity contribution < 1.29 is 14.6 Å². The summed E-state index contributed by atoms with van der Waals surface area (Å²) in [7, 11) is 1.29. The second-order valence-electron chi connectivity index (χ2n) is 4.51. The van der Waals surface area contributed by atoms with Crippen LogP contribution in [0.5, 0.6) is 0 Å². The van der Waals surface area contributed by atoms with Crippen molar-refractivity contribution in [2.45, 2.75) is 40.2 Å². The molecule has 1 unspecified atom stereocenters. The quantitative estimate of drug-likeness (QED) is 0.681. The number of aliphatic hydroxyl groups is 1. The van der Waals surface area contributed by atoms with Crippen LogP contribution in [-0.2, 0) is 9.53 Å².